The second kappa shape index (κ2) is 8.48. The van der Waals surface area contributed by atoms with Crippen molar-refractivity contribution in [1.29, 1.82) is 0 Å². The van der Waals surface area contributed by atoms with Crippen LogP contribution in [0.4, 0.5) is 0 Å². The number of hydrogen-bond donors (Lipinski definition) is 1. The van der Waals surface area contributed by atoms with Crippen molar-refractivity contribution in [3.63, 3.8) is 0 Å². The Morgan fingerprint density at radius 3 is 2.71 bits per heavy atom. The molecule has 3 aromatic rings. The lowest BCUT2D eigenvalue weighted by atomic mass is 10.0. The van der Waals surface area contributed by atoms with E-state index in [1.165, 1.54) is 0 Å². The van der Waals surface area contributed by atoms with Crippen LogP contribution in [0.15, 0.2) is 54.6 Å². The summed E-state index contributed by atoms with van der Waals surface area (Å²) in [6.07, 6.45) is 1.98. The molecule has 5 nitrogen and oxygen atoms in total. The molecule has 0 saturated heterocycles. The lowest BCUT2D eigenvalue weighted by Crippen LogP contribution is -2.36. The number of aromatic nitrogens is 2. The lowest BCUT2D eigenvalue weighted by Gasteiger charge is -2.27. The number of nitrogens with one attached hydrogen (secondary N) is 1. The van der Waals surface area contributed by atoms with E-state index in [2.05, 4.69) is 10.2 Å². The first-order valence-electron chi connectivity index (χ1n) is 9.48. The zero-order valence-corrected chi connectivity index (χ0v) is 16.3. The molecule has 0 aliphatic carbocycles. The Kier molecular flexibility index (Phi) is 5.63. The Morgan fingerprint density at radius 2 is 1.93 bits per heavy atom. The van der Waals surface area contributed by atoms with E-state index in [0.717, 1.165) is 34.7 Å². The molecule has 4 rings (SSSR count). The largest absolute Gasteiger partial charge is 0.494 e. The summed E-state index contributed by atoms with van der Waals surface area (Å²) < 4.78 is 5.68. The fourth-order valence-electron chi connectivity index (χ4n) is 3.44. The van der Waals surface area contributed by atoms with Crippen molar-refractivity contribution in [2.24, 2.45) is 0 Å². The predicted molar refractivity (Wildman–Crippen MR) is 109 cm³/mol. The van der Waals surface area contributed by atoms with Crippen molar-refractivity contribution >= 4 is 17.5 Å². The van der Waals surface area contributed by atoms with Crippen molar-refractivity contribution in [3.8, 4) is 17.0 Å². The first-order chi connectivity index (χ1) is 13.7. The van der Waals surface area contributed by atoms with Gasteiger partial charge in [-0.25, -0.2) is 0 Å². The van der Waals surface area contributed by atoms with Crippen LogP contribution >= 0.6 is 11.6 Å². The first-order valence-corrected chi connectivity index (χ1v) is 9.86. The Bertz CT molecular complexity index is 938. The van der Waals surface area contributed by atoms with E-state index in [1.54, 1.807) is 0 Å². The van der Waals surface area contributed by atoms with E-state index in [4.69, 9.17) is 16.3 Å². The quantitative estimate of drug-likeness (QED) is 0.626. The second-order valence-corrected chi connectivity index (χ2v) is 7.30. The van der Waals surface area contributed by atoms with Crippen LogP contribution < -0.4 is 4.74 Å². The molecule has 2 heterocycles. The number of carbonyl (C=O) groups excluding carboxylic acids is 1. The highest BCUT2D eigenvalue weighted by Crippen LogP contribution is 2.29. The summed E-state index contributed by atoms with van der Waals surface area (Å²) in [5.41, 5.74) is 4.12. The van der Waals surface area contributed by atoms with Gasteiger partial charge in [0, 0.05) is 47.8 Å². The first kappa shape index (κ1) is 18.6. The minimum atomic E-state index is 0.158. The van der Waals surface area contributed by atoms with Gasteiger partial charge in [0.15, 0.2) is 0 Å². The van der Waals surface area contributed by atoms with Gasteiger partial charge in [0.2, 0.25) is 5.91 Å². The highest BCUT2D eigenvalue weighted by atomic mass is 35.5. The molecule has 0 spiro atoms. The maximum absolute atomic E-state index is 12.7. The number of para-hydroxylation sites is 1. The average molecular weight is 396 g/mol. The van der Waals surface area contributed by atoms with Crippen LogP contribution in [0.1, 0.15) is 24.1 Å². The summed E-state index contributed by atoms with van der Waals surface area (Å²) >= 11 is 5.99. The minimum absolute atomic E-state index is 0.158. The number of H-pyrrole nitrogens is 1. The van der Waals surface area contributed by atoms with Crippen LogP contribution in [0.2, 0.25) is 5.02 Å². The Hall–Kier alpha value is -2.79. The number of fused-ring (bicyclic) bond motifs is 1. The van der Waals surface area contributed by atoms with Gasteiger partial charge in [0.1, 0.15) is 5.75 Å². The van der Waals surface area contributed by atoms with Gasteiger partial charge >= 0.3 is 0 Å². The van der Waals surface area contributed by atoms with E-state index < -0.39 is 0 Å². The molecule has 2 aromatic carbocycles. The van der Waals surface area contributed by atoms with Gasteiger partial charge in [0.25, 0.3) is 0 Å². The molecule has 0 fully saturated rings. The van der Waals surface area contributed by atoms with Crippen molar-refractivity contribution < 1.29 is 9.53 Å². The van der Waals surface area contributed by atoms with Gasteiger partial charge in [-0.2, -0.15) is 5.10 Å². The zero-order chi connectivity index (χ0) is 19.3. The van der Waals surface area contributed by atoms with E-state index in [9.17, 15) is 4.79 Å². The van der Waals surface area contributed by atoms with Crippen LogP contribution in [-0.2, 0) is 17.8 Å². The van der Waals surface area contributed by atoms with Crippen molar-refractivity contribution in [2.45, 2.75) is 25.8 Å². The van der Waals surface area contributed by atoms with Crippen LogP contribution in [0.5, 0.6) is 5.75 Å². The highest BCUT2D eigenvalue weighted by Gasteiger charge is 2.25. The molecule has 1 N–H and O–H groups in total. The Balaban J connectivity index is 1.35. The van der Waals surface area contributed by atoms with Gasteiger partial charge in [-0.05, 0) is 30.7 Å². The number of benzene rings is 2. The van der Waals surface area contributed by atoms with Gasteiger partial charge in [-0.1, -0.05) is 41.9 Å². The normalized spacial score (nSPS) is 13.2. The SMILES string of the molecule is O=C(CCCOc1ccccc1)N1CCc2[nH]nc(-c3ccc(Cl)cc3)c2C1. The Morgan fingerprint density at radius 1 is 1.14 bits per heavy atom. The third-order valence-electron chi connectivity index (χ3n) is 4.95. The van der Waals surface area contributed by atoms with E-state index in [-0.39, 0.29) is 5.91 Å². The number of carbonyl (C=O) groups is 1. The molecular formula is C22H22ClN3O2. The molecule has 1 amide bonds. The summed E-state index contributed by atoms with van der Waals surface area (Å²) in [5.74, 6) is 0.995. The summed E-state index contributed by atoms with van der Waals surface area (Å²) in [7, 11) is 0. The predicted octanol–water partition coefficient (Wildman–Crippen LogP) is 4.47. The third-order valence-corrected chi connectivity index (χ3v) is 5.20. The lowest BCUT2D eigenvalue weighted by molar-refractivity contribution is -0.132. The van der Waals surface area contributed by atoms with E-state index >= 15 is 0 Å². The van der Waals surface area contributed by atoms with E-state index in [1.807, 2.05) is 59.5 Å². The minimum Gasteiger partial charge on any atom is -0.494 e. The molecule has 0 atom stereocenters. The second-order valence-electron chi connectivity index (χ2n) is 6.87. The van der Waals surface area contributed by atoms with E-state index in [0.29, 0.717) is 37.6 Å². The van der Waals surface area contributed by atoms with Crippen LogP contribution in [0.25, 0.3) is 11.3 Å². The number of amides is 1. The maximum Gasteiger partial charge on any atom is 0.223 e. The maximum atomic E-state index is 12.7. The standard InChI is InChI=1S/C22H22ClN3O2/c23-17-10-8-16(9-11-17)22-19-15-26(13-12-20(19)24-25-22)21(27)7-4-14-28-18-5-2-1-3-6-18/h1-3,5-6,8-11H,4,7,12-15H2,(H,24,25). The van der Waals surface area contributed by atoms with Gasteiger partial charge in [-0.15, -0.1) is 0 Å². The number of ether oxygens (including phenoxy) is 1. The van der Waals surface area contributed by atoms with Crippen molar-refractivity contribution in [1.82, 2.24) is 15.1 Å². The molecule has 1 aliphatic heterocycles. The molecule has 0 bridgehead atoms. The summed E-state index contributed by atoms with van der Waals surface area (Å²) in [4.78, 5) is 14.6. The smallest absolute Gasteiger partial charge is 0.223 e. The van der Waals surface area contributed by atoms with Crippen LogP contribution in [0, 0.1) is 0 Å². The fraction of sp³-hybridized carbons (Fsp3) is 0.273. The molecule has 1 aromatic heterocycles. The summed E-state index contributed by atoms with van der Waals surface area (Å²) in [5, 5.41) is 8.30. The summed E-state index contributed by atoms with van der Waals surface area (Å²) in [6, 6.07) is 17.3. The van der Waals surface area contributed by atoms with Crippen LogP contribution in [-0.4, -0.2) is 34.2 Å². The summed E-state index contributed by atoms with van der Waals surface area (Å²) in [6.45, 7) is 1.84. The Labute approximate surface area is 169 Å². The number of halogens is 1. The third kappa shape index (κ3) is 4.20. The molecule has 0 radical (unpaired) electrons. The van der Waals surface area contributed by atoms with Crippen molar-refractivity contribution in [3.05, 3.63) is 70.9 Å². The molecular weight excluding hydrogens is 374 g/mol. The number of hydrogen-bond acceptors (Lipinski definition) is 3. The number of rotatable bonds is 6. The van der Waals surface area contributed by atoms with Gasteiger partial charge < -0.3 is 9.64 Å². The van der Waals surface area contributed by atoms with Gasteiger partial charge in [-0.3, -0.25) is 9.89 Å². The highest BCUT2D eigenvalue weighted by molar-refractivity contribution is 6.30. The topological polar surface area (TPSA) is 58.2 Å². The molecule has 144 valence electrons. The average Bonchev–Trinajstić information content (AvgIpc) is 3.15. The fourth-order valence-corrected chi connectivity index (χ4v) is 3.57. The number of aromatic amines is 1. The monoisotopic (exact) mass is 395 g/mol. The molecule has 1 aliphatic rings. The van der Waals surface area contributed by atoms with Crippen molar-refractivity contribution in [2.75, 3.05) is 13.2 Å². The zero-order valence-electron chi connectivity index (χ0n) is 15.5. The molecule has 28 heavy (non-hydrogen) atoms. The van der Waals surface area contributed by atoms with Gasteiger partial charge in [0.05, 0.1) is 12.3 Å². The molecule has 6 heteroatoms. The molecule has 0 unspecified atom stereocenters. The van der Waals surface area contributed by atoms with Crippen LogP contribution in [0.3, 0.4) is 0 Å². The number of nitrogens with zero attached hydrogens (tertiary/aromatic N) is 2. The molecule has 0 saturated carbocycles.